The Bertz CT molecular complexity index is 1370. The molecule has 0 radical (unpaired) electrons. The lowest BCUT2D eigenvalue weighted by atomic mass is 10.1. The highest BCUT2D eigenvalue weighted by Crippen LogP contribution is 2.32. The monoisotopic (exact) mass is 430 g/mol. The molecular weight excluding hydrogens is 408 g/mol. The summed E-state index contributed by atoms with van der Waals surface area (Å²) in [7, 11) is 0. The van der Waals surface area contributed by atoms with Crippen LogP contribution in [0.15, 0.2) is 65.6 Å². The molecule has 1 aliphatic heterocycles. The molecule has 162 valence electrons. The minimum Gasteiger partial charge on any atom is -0.454 e. The summed E-state index contributed by atoms with van der Waals surface area (Å²) in [5, 5.41) is 2.86. The Labute approximate surface area is 184 Å². The van der Waals surface area contributed by atoms with Crippen LogP contribution in [-0.4, -0.2) is 33.4 Å². The quantitative estimate of drug-likeness (QED) is 0.508. The van der Waals surface area contributed by atoms with Crippen molar-refractivity contribution in [3.05, 3.63) is 88.0 Å². The number of amides is 1. The Hall–Kier alpha value is -4.07. The third-order valence-electron chi connectivity index (χ3n) is 5.45. The predicted octanol–water partition coefficient (Wildman–Crippen LogP) is 2.71. The van der Waals surface area contributed by atoms with E-state index in [9.17, 15) is 9.59 Å². The molecule has 5 rings (SSSR count). The highest BCUT2D eigenvalue weighted by atomic mass is 16.7. The van der Waals surface area contributed by atoms with Crippen LogP contribution in [0.3, 0.4) is 0 Å². The number of hydrogen-bond acceptors (Lipinski definition) is 5. The second kappa shape index (κ2) is 8.22. The Morgan fingerprint density at radius 1 is 1.06 bits per heavy atom. The van der Waals surface area contributed by atoms with Gasteiger partial charge < -0.3 is 14.8 Å². The second-order valence-corrected chi connectivity index (χ2v) is 7.68. The third kappa shape index (κ3) is 3.71. The van der Waals surface area contributed by atoms with E-state index in [0.717, 1.165) is 16.6 Å². The fourth-order valence-corrected chi connectivity index (χ4v) is 3.91. The van der Waals surface area contributed by atoms with Gasteiger partial charge in [0.05, 0.1) is 12.1 Å². The molecule has 0 aliphatic carbocycles. The summed E-state index contributed by atoms with van der Waals surface area (Å²) in [6, 6.07) is 16.8. The van der Waals surface area contributed by atoms with Crippen molar-refractivity contribution in [3.63, 3.8) is 0 Å². The molecule has 2 aromatic heterocycles. The van der Waals surface area contributed by atoms with Gasteiger partial charge in [0.25, 0.3) is 5.91 Å². The lowest BCUT2D eigenvalue weighted by molar-refractivity contribution is 0.0952. The molecule has 1 amide bonds. The molecule has 0 unspecified atom stereocenters. The standard InChI is InChI=1S/C24H22N4O4/c1-16-4-2-5-17(12-16)14-28-19-6-3-9-25-22(19)27(24(28)30)11-10-26-23(29)18-7-8-20-21(13-18)32-15-31-20/h2-9,12-13H,10-11,14-15H2,1H3,(H,26,29). The number of ether oxygens (including phenoxy) is 2. The van der Waals surface area contributed by atoms with Gasteiger partial charge in [0.2, 0.25) is 6.79 Å². The fourth-order valence-electron chi connectivity index (χ4n) is 3.91. The Balaban J connectivity index is 1.35. The van der Waals surface area contributed by atoms with Crippen molar-refractivity contribution in [1.29, 1.82) is 0 Å². The zero-order chi connectivity index (χ0) is 22.1. The summed E-state index contributed by atoms with van der Waals surface area (Å²) in [4.78, 5) is 30.2. The molecule has 1 aliphatic rings. The minimum atomic E-state index is -0.243. The molecule has 32 heavy (non-hydrogen) atoms. The molecule has 8 nitrogen and oxygen atoms in total. The molecule has 0 atom stereocenters. The molecule has 2 aromatic carbocycles. The number of rotatable bonds is 6. The number of benzene rings is 2. The largest absolute Gasteiger partial charge is 0.454 e. The van der Waals surface area contributed by atoms with Crippen LogP contribution in [0, 0.1) is 6.92 Å². The summed E-state index contributed by atoms with van der Waals surface area (Å²) in [6.45, 7) is 3.24. The molecule has 8 heteroatoms. The normalized spacial score (nSPS) is 12.3. The summed E-state index contributed by atoms with van der Waals surface area (Å²) in [5.74, 6) is 0.936. The number of hydrogen-bond donors (Lipinski definition) is 1. The summed E-state index contributed by atoms with van der Waals surface area (Å²) in [5.41, 5.74) is 3.87. The van der Waals surface area contributed by atoms with Crippen LogP contribution < -0.4 is 20.5 Å². The van der Waals surface area contributed by atoms with Crippen molar-refractivity contribution in [1.82, 2.24) is 19.4 Å². The topological polar surface area (TPSA) is 87.4 Å². The number of pyridine rings is 1. The molecular formula is C24H22N4O4. The second-order valence-electron chi connectivity index (χ2n) is 7.68. The van der Waals surface area contributed by atoms with E-state index < -0.39 is 0 Å². The van der Waals surface area contributed by atoms with Gasteiger partial charge in [-0.2, -0.15) is 0 Å². The summed E-state index contributed by atoms with van der Waals surface area (Å²) < 4.78 is 13.9. The number of imidazole rings is 1. The van der Waals surface area contributed by atoms with Crippen LogP contribution in [0.2, 0.25) is 0 Å². The first-order valence-electron chi connectivity index (χ1n) is 10.4. The number of carbonyl (C=O) groups excluding carboxylic acids is 1. The Kier molecular flexibility index (Phi) is 5.10. The van der Waals surface area contributed by atoms with Crippen molar-refractivity contribution in [2.45, 2.75) is 20.0 Å². The Morgan fingerprint density at radius 2 is 1.94 bits per heavy atom. The van der Waals surface area contributed by atoms with Gasteiger partial charge in [-0.3, -0.25) is 13.9 Å². The van der Waals surface area contributed by atoms with Gasteiger partial charge in [0.1, 0.15) is 0 Å². The molecule has 3 heterocycles. The van der Waals surface area contributed by atoms with Gasteiger partial charge in [-0.25, -0.2) is 9.78 Å². The predicted molar refractivity (Wildman–Crippen MR) is 119 cm³/mol. The number of nitrogens with zero attached hydrogens (tertiary/aromatic N) is 3. The van der Waals surface area contributed by atoms with Crippen molar-refractivity contribution in [2.75, 3.05) is 13.3 Å². The smallest absolute Gasteiger partial charge is 0.330 e. The summed E-state index contributed by atoms with van der Waals surface area (Å²) in [6.07, 6.45) is 1.67. The molecule has 4 aromatic rings. The van der Waals surface area contributed by atoms with E-state index in [1.807, 2.05) is 37.3 Å². The van der Waals surface area contributed by atoms with E-state index in [4.69, 9.17) is 9.47 Å². The Morgan fingerprint density at radius 3 is 2.81 bits per heavy atom. The maximum absolute atomic E-state index is 13.2. The number of aryl methyl sites for hydroxylation is 1. The number of carbonyl (C=O) groups is 1. The van der Waals surface area contributed by atoms with Gasteiger partial charge in [0, 0.05) is 24.8 Å². The van der Waals surface area contributed by atoms with Crippen molar-refractivity contribution in [2.24, 2.45) is 0 Å². The van der Waals surface area contributed by atoms with Gasteiger partial charge in [-0.15, -0.1) is 0 Å². The van der Waals surface area contributed by atoms with Gasteiger partial charge in [-0.1, -0.05) is 29.8 Å². The molecule has 0 saturated carbocycles. The minimum absolute atomic E-state index is 0.155. The maximum atomic E-state index is 13.2. The number of nitrogens with one attached hydrogen (secondary N) is 1. The van der Waals surface area contributed by atoms with E-state index in [2.05, 4.69) is 16.4 Å². The van der Waals surface area contributed by atoms with E-state index >= 15 is 0 Å². The zero-order valence-corrected chi connectivity index (χ0v) is 17.6. The number of aromatic nitrogens is 3. The lowest BCUT2D eigenvalue weighted by Gasteiger charge is -2.07. The molecule has 0 fully saturated rings. The first kappa shape index (κ1) is 19.9. The molecule has 0 spiro atoms. The van der Waals surface area contributed by atoms with Crippen molar-refractivity contribution >= 4 is 17.1 Å². The van der Waals surface area contributed by atoms with E-state index in [-0.39, 0.29) is 24.9 Å². The molecule has 0 saturated heterocycles. The first-order valence-corrected chi connectivity index (χ1v) is 10.4. The summed E-state index contributed by atoms with van der Waals surface area (Å²) >= 11 is 0. The van der Waals surface area contributed by atoms with Gasteiger partial charge >= 0.3 is 5.69 Å². The highest BCUT2D eigenvalue weighted by Gasteiger charge is 2.17. The van der Waals surface area contributed by atoms with Crippen LogP contribution in [0.5, 0.6) is 11.5 Å². The highest BCUT2D eigenvalue weighted by molar-refractivity contribution is 5.94. The maximum Gasteiger partial charge on any atom is 0.330 e. The van der Waals surface area contributed by atoms with E-state index in [1.165, 1.54) is 0 Å². The first-order chi connectivity index (χ1) is 15.6. The lowest BCUT2D eigenvalue weighted by Crippen LogP contribution is -2.32. The molecule has 0 bridgehead atoms. The van der Waals surface area contributed by atoms with Crippen LogP contribution >= 0.6 is 0 Å². The zero-order valence-electron chi connectivity index (χ0n) is 17.6. The average Bonchev–Trinajstić information content (AvgIpc) is 3.37. The van der Waals surface area contributed by atoms with Gasteiger partial charge in [0.15, 0.2) is 17.1 Å². The molecule has 1 N–H and O–H groups in total. The van der Waals surface area contributed by atoms with Crippen LogP contribution in [0.25, 0.3) is 11.2 Å². The van der Waals surface area contributed by atoms with E-state index in [1.54, 1.807) is 33.5 Å². The van der Waals surface area contributed by atoms with Crippen molar-refractivity contribution in [3.8, 4) is 11.5 Å². The fraction of sp³-hybridized carbons (Fsp3) is 0.208. The number of fused-ring (bicyclic) bond motifs is 2. The van der Waals surface area contributed by atoms with Crippen LogP contribution in [-0.2, 0) is 13.1 Å². The van der Waals surface area contributed by atoms with Crippen LogP contribution in [0.1, 0.15) is 21.5 Å². The van der Waals surface area contributed by atoms with E-state index in [0.29, 0.717) is 35.8 Å². The van der Waals surface area contributed by atoms with Crippen molar-refractivity contribution < 1.29 is 14.3 Å². The van der Waals surface area contributed by atoms with Crippen LogP contribution in [0.4, 0.5) is 0 Å². The SMILES string of the molecule is Cc1cccc(Cn2c(=O)n(CCNC(=O)c3ccc4c(c3)OCO4)c3ncccc32)c1. The third-order valence-corrected chi connectivity index (χ3v) is 5.45. The van der Waals surface area contributed by atoms with Gasteiger partial charge in [-0.05, 0) is 42.8 Å². The average molecular weight is 430 g/mol.